The monoisotopic (exact) mass is 222 g/mol. The summed E-state index contributed by atoms with van der Waals surface area (Å²) in [5.74, 6) is 1.58. The number of fused-ring (bicyclic) bond motifs is 1. The highest BCUT2D eigenvalue weighted by Gasteiger charge is 2.26. The summed E-state index contributed by atoms with van der Waals surface area (Å²) in [6.07, 6.45) is 3.53. The van der Waals surface area contributed by atoms with Gasteiger partial charge in [0.15, 0.2) is 11.0 Å². The van der Waals surface area contributed by atoms with Crippen molar-refractivity contribution in [3.05, 3.63) is 29.2 Å². The molecule has 0 spiro atoms. The summed E-state index contributed by atoms with van der Waals surface area (Å²) in [4.78, 5) is 4.34. The van der Waals surface area contributed by atoms with Crippen molar-refractivity contribution in [2.75, 3.05) is 0 Å². The molecule has 1 fully saturated rings. The second-order valence-corrected chi connectivity index (χ2v) is 4.35. The molecule has 1 N–H and O–H groups in total. The Morgan fingerprint density at radius 2 is 2.20 bits per heavy atom. The Labute approximate surface area is 92.3 Å². The molecule has 0 aliphatic heterocycles. The van der Waals surface area contributed by atoms with E-state index >= 15 is 0 Å². The minimum absolute atomic E-state index is 0.216. The molecule has 1 aliphatic carbocycles. The van der Waals surface area contributed by atoms with Gasteiger partial charge in [-0.3, -0.25) is 4.40 Å². The molecule has 3 rings (SSSR count). The molecule has 4 heteroatoms. The highest BCUT2D eigenvalue weighted by Crippen LogP contribution is 2.38. The first-order valence-electron chi connectivity index (χ1n) is 5.13. The molecule has 2 aromatic rings. The van der Waals surface area contributed by atoms with Crippen molar-refractivity contribution in [1.29, 1.82) is 0 Å². The third kappa shape index (κ3) is 1.23. The third-order valence-electron chi connectivity index (χ3n) is 3.09. The van der Waals surface area contributed by atoms with E-state index in [4.69, 9.17) is 11.6 Å². The van der Waals surface area contributed by atoms with Gasteiger partial charge >= 0.3 is 0 Å². The minimum Gasteiger partial charge on any atom is -0.494 e. The number of hydrogen-bond acceptors (Lipinski definition) is 2. The van der Waals surface area contributed by atoms with Crippen molar-refractivity contribution >= 4 is 17.1 Å². The molecule has 0 radical (unpaired) electrons. The van der Waals surface area contributed by atoms with Crippen LogP contribution in [0.5, 0.6) is 5.88 Å². The summed E-state index contributed by atoms with van der Waals surface area (Å²) in [6.45, 7) is 0. The van der Waals surface area contributed by atoms with Crippen LogP contribution >= 0.6 is 11.6 Å². The molecular formula is C11H11ClN2O. The Morgan fingerprint density at radius 3 is 2.87 bits per heavy atom. The van der Waals surface area contributed by atoms with Crippen LogP contribution in [-0.4, -0.2) is 14.5 Å². The molecule has 0 unspecified atom stereocenters. The lowest BCUT2D eigenvalue weighted by molar-refractivity contribution is 0.386. The average molecular weight is 223 g/mol. The molecule has 1 saturated carbocycles. The maximum atomic E-state index is 9.80. The highest BCUT2D eigenvalue weighted by atomic mass is 35.5. The van der Waals surface area contributed by atoms with E-state index in [1.54, 1.807) is 16.5 Å². The van der Waals surface area contributed by atoms with Gasteiger partial charge in [0.05, 0.1) is 5.52 Å². The van der Waals surface area contributed by atoms with Gasteiger partial charge in [-0.05, 0) is 25.0 Å². The van der Waals surface area contributed by atoms with Crippen molar-refractivity contribution in [3.8, 4) is 5.88 Å². The minimum atomic E-state index is 0.216. The van der Waals surface area contributed by atoms with Crippen molar-refractivity contribution in [2.45, 2.75) is 25.2 Å². The van der Waals surface area contributed by atoms with Gasteiger partial charge < -0.3 is 5.11 Å². The molecule has 2 aromatic heterocycles. The molecule has 0 amide bonds. The average Bonchev–Trinajstić information content (AvgIpc) is 2.43. The first-order valence-corrected chi connectivity index (χ1v) is 5.51. The summed E-state index contributed by atoms with van der Waals surface area (Å²) >= 11 is 6.03. The number of rotatable bonds is 1. The molecule has 0 saturated heterocycles. The van der Waals surface area contributed by atoms with Gasteiger partial charge in [0.1, 0.15) is 5.82 Å². The van der Waals surface area contributed by atoms with Gasteiger partial charge in [0.2, 0.25) is 0 Å². The van der Waals surface area contributed by atoms with E-state index in [1.807, 2.05) is 6.07 Å². The Morgan fingerprint density at radius 1 is 1.40 bits per heavy atom. The number of pyridine rings is 1. The first-order chi connectivity index (χ1) is 7.27. The topological polar surface area (TPSA) is 37.5 Å². The smallest absolute Gasteiger partial charge is 0.197 e. The van der Waals surface area contributed by atoms with E-state index in [-0.39, 0.29) is 5.88 Å². The standard InChI is InChI=1S/C11H11ClN2O/c12-10-8-5-2-6-9(15)14(8)11(13-10)7-3-1-4-7/h2,5-7,15H,1,3-4H2. The number of nitrogens with zero attached hydrogens (tertiary/aromatic N) is 2. The van der Waals surface area contributed by atoms with Gasteiger partial charge in [-0.2, -0.15) is 0 Å². The Bertz CT molecular complexity index is 517. The van der Waals surface area contributed by atoms with Gasteiger partial charge in [0.25, 0.3) is 0 Å². The zero-order valence-corrected chi connectivity index (χ0v) is 8.91. The summed E-state index contributed by atoms with van der Waals surface area (Å²) < 4.78 is 1.76. The van der Waals surface area contributed by atoms with E-state index in [0.717, 1.165) is 24.2 Å². The number of hydrogen-bond donors (Lipinski definition) is 1. The van der Waals surface area contributed by atoms with Crippen molar-refractivity contribution in [2.24, 2.45) is 0 Å². The molecule has 78 valence electrons. The molecule has 0 bridgehead atoms. The van der Waals surface area contributed by atoms with Crippen LogP contribution in [0.2, 0.25) is 5.15 Å². The van der Waals surface area contributed by atoms with Crippen molar-refractivity contribution < 1.29 is 5.11 Å². The van der Waals surface area contributed by atoms with E-state index in [9.17, 15) is 5.11 Å². The maximum absolute atomic E-state index is 9.80. The van der Waals surface area contributed by atoms with Crippen LogP contribution in [0.3, 0.4) is 0 Å². The lowest BCUT2D eigenvalue weighted by atomic mass is 9.85. The van der Waals surface area contributed by atoms with Gasteiger partial charge in [-0.1, -0.05) is 24.1 Å². The summed E-state index contributed by atoms with van der Waals surface area (Å²) in [6, 6.07) is 5.31. The fourth-order valence-corrected chi connectivity index (χ4v) is 2.28. The quantitative estimate of drug-likeness (QED) is 0.806. The lowest BCUT2D eigenvalue weighted by Crippen LogP contribution is -2.12. The van der Waals surface area contributed by atoms with Crippen LogP contribution in [0.25, 0.3) is 5.52 Å². The first kappa shape index (κ1) is 9.04. The lowest BCUT2D eigenvalue weighted by Gasteiger charge is -2.24. The molecule has 1 aliphatic rings. The van der Waals surface area contributed by atoms with E-state index < -0.39 is 0 Å². The zero-order chi connectivity index (χ0) is 10.4. The van der Waals surface area contributed by atoms with Crippen LogP contribution in [0.15, 0.2) is 18.2 Å². The normalized spacial score (nSPS) is 16.9. The molecular weight excluding hydrogens is 212 g/mol. The SMILES string of the molecule is Oc1cccc2c(Cl)nc(C3CCC3)n12. The number of halogens is 1. The van der Waals surface area contributed by atoms with Crippen LogP contribution in [0.1, 0.15) is 31.0 Å². The summed E-state index contributed by atoms with van der Waals surface area (Å²) in [7, 11) is 0. The fourth-order valence-electron chi connectivity index (χ4n) is 2.05. The Kier molecular flexibility index (Phi) is 1.89. The van der Waals surface area contributed by atoms with Gasteiger partial charge in [-0.15, -0.1) is 0 Å². The molecule has 2 heterocycles. The molecule has 0 atom stereocenters. The Hall–Kier alpha value is -1.22. The largest absolute Gasteiger partial charge is 0.494 e. The number of aromatic nitrogens is 2. The third-order valence-corrected chi connectivity index (χ3v) is 3.37. The molecule has 15 heavy (non-hydrogen) atoms. The second-order valence-electron chi connectivity index (χ2n) is 3.99. The maximum Gasteiger partial charge on any atom is 0.197 e. The second kappa shape index (κ2) is 3.14. The molecule has 0 aromatic carbocycles. The van der Waals surface area contributed by atoms with Crippen LogP contribution in [0, 0.1) is 0 Å². The van der Waals surface area contributed by atoms with Crippen LogP contribution in [0.4, 0.5) is 0 Å². The van der Waals surface area contributed by atoms with E-state index in [0.29, 0.717) is 11.1 Å². The van der Waals surface area contributed by atoms with Gasteiger partial charge in [-0.25, -0.2) is 4.98 Å². The predicted molar refractivity (Wildman–Crippen MR) is 58.5 cm³/mol. The highest BCUT2D eigenvalue weighted by molar-refractivity contribution is 6.32. The Balaban J connectivity index is 2.29. The molecule has 3 nitrogen and oxygen atoms in total. The van der Waals surface area contributed by atoms with E-state index in [2.05, 4.69) is 4.98 Å². The number of aromatic hydroxyl groups is 1. The van der Waals surface area contributed by atoms with Gasteiger partial charge in [0, 0.05) is 5.92 Å². The number of imidazole rings is 1. The predicted octanol–water partition coefficient (Wildman–Crippen LogP) is 2.96. The van der Waals surface area contributed by atoms with Crippen molar-refractivity contribution in [1.82, 2.24) is 9.38 Å². The summed E-state index contributed by atoms with van der Waals surface area (Å²) in [5.41, 5.74) is 0.790. The van der Waals surface area contributed by atoms with Crippen LogP contribution < -0.4 is 0 Å². The van der Waals surface area contributed by atoms with Crippen LogP contribution in [-0.2, 0) is 0 Å². The van der Waals surface area contributed by atoms with E-state index in [1.165, 1.54) is 6.42 Å². The fraction of sp³-hybridized carbons (Fsp3) is 0.364. The summed E-state index contributed by atoms with van der Waals surface area (Å²) in [5, 5.41) is 10.3. The van der Waals surface area contributed by atoms with Crippen molar-refractivity contribution in [3.63, 3.8) is 0 Å². The zero-order valence-electron chi connectivity index (χ0n) is 8.15.